The first-order valence-electron chi connectivity index (χ1n) is 7.81. The van der Waals surface area contributed by atoms with Gasteiger partial charge in [-0.3, -0.25) is 4.79 Å². The summed E-state index contributed by atoms with van der Waals surface area (Å²) in [5, 5.41) is 0. The van der Waals surface area contributed by atoms with Crippen LogP contribution in [0.25, 0.3) is 5.69 Å². The predicted octanol–water partition coefficient (Wildman–Crippen LogP) is 4.01. The summed E-state index contributed by atoms with van der Waals surface area (Å²) in [5.74, 6) is 0.275. The normalized spacial score (nSPS) is 16.5. The van der Waals surface area contributed by atoms with Gasteiger partial charge >= 0.3 is 0 Å². The van der Waals surface area contributed by atoms with E-state index in [-0.39, 0.29) is 11.2 Å². The van der Waals surface area contributed by atoms with Gasteiger partial charge in [0.1, 0.15) is 0 Å². The van der Waals surface area contributed by atoms with E-state index in [0.29, 0.717) is 6.42 Å². The molecule has 22 heavy (non-hydrogen) atoms. The van der Waals surface area contributed by atoms with Crippen molar-refractivity contribution in [2.24, 2.45) is 5.41 Å². The van der Waals surface area contributed by atoms with Gasteiger partial charge in [0.05, 0.1) is 0 Å². The zero-order valence-electron chi connectivity index (χ0n) is 14.1. The van der Waals surface area contributed by atoms with E-state index in [9.17, 15) is 4.79 Å². The first-order valence-corrected chi connectivity index (χ1v) is 7.81. The lowest BCUT2D eigenvalue weighted by Crippen LogP contribution is -2.27. The van der Waals surface area contributed by atoms with Crippen molar-refractivity contribution in [3.05, 3.63) is 47.3 Å². The van der Waals surface area contributed by atoms with Gasteiger partial charge in [0.2, 0.25) is 0 Å². The van der Waals surface area contributed by atoms with Crippen molar-refractivity contribution in [1.29, 1.82) is 0 Å². The van der Waals surface area contributed by atoms with Crippen molar-refractivity contribution in [3.63, 3.8) is 0 Å². The lowest BCUT2D eigenvalue weighted by Gasteiger charge is -2.30. The molecule has 3 rings (SSSR count). The monoisotopic (exact) mass is 296 g/mol. The van der Waals surface area contributed by atoms with Crippen LogP contribution in [-0.4, -0.2) is 24.4 Å². The summed E-state index contributed by atoms with van der Waals surface area (Å²) < 4.78 is 2.25. The lowest BCUT2D eigenvalue weighted by atomic mass is 9.76. The topological polar surface area (TPSA) is 25.2 Å². The maximum absolute atomic E-state index is 12.5. The first-order chi connectivity index (χ1) is 10.3. The fourth-order valence-electron chi connectivity index (χ4n) is 3.42. The Morgan fingerprint density at radius 1 is 1.14 bits per heavy atom. The van der Waals surface area contributed by atoms with Crippen molar-refractivity contribution < 1.29 is 4.79 Å². The summed E-state index contributed by atoms with van der Waals surface area (Å²) in [4.78, 5) is 14.6. The molecular formula is C19H24N2O. The minimum Gasteiger partial charge on any atom is -0.378 e. The third-order valence-electron chi connectivity index (χ3n) is 4.48. The van der Waals surface area contributed by atoms with Crippen LogP contribution >= 0.6 is 0 Å². The number of fused-ring (bicyclic) bond motifs is 1. The average molecular weight is 296 g/mol. The molecule has 0 bridgehead atoms. The molecule has 0 unspecified atom stereocenters. The van der Waals surface area contributed by atoms with E-state index < -0.39 is 0 Å². The highest BCUT2D eigenvalue weighted by atomic mass is 16.1. The SMILES string of the molecule is Cc1cc2c(n1-c1cccc(N(C)C)c1)CC(C)(C)CC2=O. The van der Waals surface area contributed by atoms with E-state index in [0.717, 1.165) is 29.1 Å². The van der Waals surface area contributed by atoms with E-state index in [4.69, 9.17) is 0 Å². The summed E-state index contributed by atoms with van der Waals surface area (Å²) in [5.41, 5.74) is 5.54. The lowest BCUT2D eigenvalue weighted by molar-refractivity contribution is 0.0911. The zero-order chi connectivity index (χ0) is 16.1. The molecule has 0 spiro atoms. The number of aryl methyl sites for hydroxylation is 1. The van der Waals surface area contributed by atoms with Crippen molar-refractivity contribution >= 4 is 11.5 Å². The minimum absolute atomic E-state index is 0.0335. The number of carbonyl (C=O) groups is 1. The number of benzene rings is 1. The Morgan fingerprint density at radius 3 is 2.55 bits per heavy atom. The molecule has 1 aromatic carbocycles. The van der Waals surface area contributed by atoms with Crippen LogP contribution in [0.3, 0.4) is 0 Å². The molecule has 0 amide bonds. The van der Waals surface area contributed by atoms with Gasteiger partial charge in [0, 0.05) is 48.8 Å². The highest BCUT2D eigenvalue weighted by molar-refractivity contribution is 5.99. The Labute approximate surface area is 132 Å². The minimum atomic E-state index is 0.0335. The molecule has 116 valence electrons. The zero-order valence-corrected chi connectivity index (χ0v) is 14.1. The molecule has 0 fully saturated rings. The second-order valence-electron chi connectivity index (χ2n) is 7.34. The number of ketones is 1. The molecule has 0 radical (unpaired) electrons. The molecule has 3 nitrogen and oxygen atoms in total. The number of hydrogen-bond donors (Lipinski definition) is 0. The largest absolute Gasteiger partial charge is 0.378 e. The number of carbonyl (C=O) groups excluding carboxylic acids is 1. The van der Waals surface area contributed by atoms with E-state index >= 15 is 0 Å². The summed E-state index contributed by atoms with van der Waals surface area (Å²) in [6.45, 7) is 6.44. The average Bonchev–Trinajstić information content (AvgIpc) is 2.74. The molecule has 2 aromatic rings. The van der Waals surface area contributed by atoms with E-state index in [1.807, 2.05) is 14.1 Å². The highest BCUT2D eigenvalue weighted by Crippen LogP contribution is 2.37. The molecule has 0 aliphatic heterocycles. The summed E-state index contributed by atoms with van der Waals surface area (Å²) >= 11 is 0. The second-order valence-corrected chi connectivity index (χ2v) is 7.34. The van der Waals surface area contributed by atoms with Crippen LogP contribution in [0.1, 0.15) is 42.0 Å². The second kappa shape index (κ2) is 5.01. The van der Waals surface area contributed by atoms with Crippen LogP contribution in [-0.2, 0) is 6.42 Å². The molecule has 1 heterocycles. The fraction of sp³-hybridized carbons (Fsp3) is 0.421. The van der Waals surface area contributed by atoms with Gasteiger partial charge in [-0.05, 0) is 43.0 Å². The van der Waals surface area contributed by atoms with Crippen LogP contribution in [0.2, 0.25) is 0 Å². The summed E-state index contributed by atoms with van der Waals surface area (Å²) in [7, 11) is 4.09. The van der Waals surface area contributed by atoms with Crippen LogP contribution in [0.15, 0.2) is 30.3 Å². The standard InChI is InChI=1S/C19H24N2O/c1-13-9-16-17(11-19(2,3)12-18(16)22)21(13)15-8-6-7-14(10-15)20(4)5/h6-10H,11-12H2,1-5H3. The highest BCUT2D eigenvalue weighted by Gasteiger charge is 2.34. The number of anilines is 1. The van der Waals surface area contributed by atoms with Crippen molar-refractivity contribution in [3.8, 4) is 5.69 Å². The molecule has 1 aromatic heterocycles. The first kappa shape index (κ1) is 14.9. The van der Waals surface area contributed by atoms with Gasteiger partial charge in [-0.1, -0.05) is 19.9 Å². The van der Waals surface area contributed by atoms with Gasteiger partial charge in [0.15, 0.2) is 5.78 Å². The van der Waals surface area contributed by atoms with Gasteiger partial charge in [0.25, 0.3) is 0 Å². The van der Waals surface area contributed by atoms with Crippen LogP contribution in [0.5, 0.6) is 0 Å². The number of rotatable bonds is 2. The van der Waals surface area contributed by atoms with Crippen LogP contribution < -0.4 is 4.90 Å². The third kappa shape index (κ3) is 2.45. The fourth-order valence-corrected chi connectivity index (χ4v) is 3.42. The van der Waals surface area contributed by atoms with E-state index in [1.54, 1.807) is 0 Å². The van der Waals surface area contributed by atoms with Gasteiger partial charge < -0.3 is 9.47 Å². The van der Waals surface area contributed by atoms with Crippen molar-refractivity contribution in [1.82, 2.24) is 4.57 Å². The Kier molecular flexibility index (Phi) is 3.39. The van der Waals surface area contributed by atoms with E-state index in [1.165, 1.54) is 5.69 Å². The van der Waals surface area contributed by atoms with E-state index in [2.05, 4.69) is 60.6 Å². The number of Topliss-reactive ketones (excluding diaryl/α,β-unsaturated/α-hetero) is 1. The third-order valence-corrected chi connectivity index (χ3v) is 4.48. The van der Waals surface area contributed by atoms with Crippen molar-refractivity contribution in [2.45, 2.75) is 33.6 Å². The van der Waals surface area contributed by atoms with Gasteiger partial charge in [-0.15, -0.1) is 0 Å². The van der Waals surface area contributed by atoms with Gasteiger partial charge in [-0.25, -0.2) is 0 Å². The van der Waals surface area contributed by atoms with Gasteiger partial charge in [-0.2, -0.15) is 0 Å². The quantitative estimate of drug-likeness (QED) is 0.836. The molecule has 0 saturated carbocycles. The molecule has 3 heteroatoms. The smallest absolute Gasteiger partial charge is 0.165 e. The molecular weight excluding hydrogens is 272 g/mol. The molecule has 0 atom stereocenters. The maximum Gasteiger partial charge on any atom is 0.165 e. The number of nitrogens with zero attached hydrogens (tertiary/aromatic N) is 2. The summed E-state index contributed by atoms with van der Waals surface area (Å²) in [6, 6.07) is 10.5. The molecule has 1 aliphatic carbocycles. The number of hydrogen-bond acceptors (Lipinski definition) is 2. The molecule has 0 N–H and O–H groups in total. The molecule has 0 saturated heterocycles. The summed E-state index contributed by atoms with van der Waals surface area (Å²) in [6.07, 6.45) is 1.58. The Hall–Kier alpha value is -2.03. The van der Waals surface area contributed by atoms with Crippen molar-refractivity contribution in [2.75, 3.05) is 19.0 Å². The Balaban J connectivity index is 2.17. The van der Waals surface area contributed by atoms with Crippen LogP contribution in [0, 0.1) is 12.3 Å². The maximum atomic E-state index is 12.5. The predicted molar refractivity (Wildman–Crippen MR) is 91.3 cm³/mol. The Morgan fingerprint density at radius 2 is 1.86 bits per heavy atom. The Bertz CT molecular complexity index is 738. The number of aromatic nitrogens is 1. The molecule has 1 aliphatic rings. The van der Waals surface area contributed by atoms with Crippen LogP contribution in [0.4, 0.5) is 5.69 Å².